The highest BCUT2D eigenvalue weighted by molar-refractivity contribution is 5.87. The van der Waals surface area contributed by atoms with Gasteiger partial charge in [0.1, 0.15) is 0 Å². The standard InChI is InChI=1S/C22H23N3O/c23-15-18-8-4-5-9-19(18)16-25-12-10-22(11-13-25)14-20(21(26)24-22)17-6-2-1-3-7-17/h1-9,20H,10-14,16H2,(H,24,26)/t20-/m1/s1. The quantitative estimate of drug-likeness (QED) is 0.929. The van der Waals surface area contributed by atoms with Gasteiger partial charge in [-0.05, 0) is 36.5 Å². The van der Waals surface area contributed by atoms with E-state index in [-0.39, 0.29) is 17.4 Å². The van der Waals surface area contributed by atoms with Crippen molar-refractivity contribution < 1.29 is 4.79 Å². The maximum absolute atomic E-state index is 12.5. The molecule has 4 nitrogen and oxygen atoms in total. The minimum atomic E-state index is -0.0666. The summed E-state index contributed by atoms with van der Waals surface area (Å²) in [5, 5.41) is 12.6. The number of carbonyl (C=O) groups is 1. The summed E-state index contributed by atoms with van der Waals surface area (Å²) in [5.74, 6) is 0.140. The molecule has 0 bridgehead atoms. The van der Waals surface area contributed by atoms with Crippen LogP contribution in [-0.4, -0.2) is 29.4 Å². The summed E-state index contributed by atoms with van der Waals surface area (Å²) in [6.07, 6.45) is 2.83. The number of hydrogen-bond donors (Lipinski definition) is 1. The molecular weight excluding hydrogens is 322 g/mol. The maximum Gasteiger partial charge on any atom is 0.228 e. The van der Waals surface area contributed by atoms with Crippen LogP contribution >= 0.6 is 0 Å². The number of carbonyl (C=O) groups excluding carboxylic acids is 1. The molecule has 26 heavy (non-hydrogen) atoms. The van der Waals surface area contributed by atoms with Crippen LogP contribution < -0.4 is 5.32 Å². The summed E-state index contributed by atoms with van der Waals surface area (Å²) in [7, 11) is 0. The Balaban J connectivity index is 1.41. The molecule has 2 aromatic carbocycles. The SMILES string of the molecule is N#Cc1ccccc1CN1CCC2(CC1)C[C@H](c1ccccc1)C(=O)N2. The van der Waals surface area contributed by atoms with E-state index >= 15 is 0 Å². The van der Waals surface area contributed by atoms with Gasteiger partial charge in [0.15, 0.2) is 0 Å². The van der Waals surface area contributed by atoms with Gasteiger partial charge in [-0.25, -0.2) is 0 Å². The zero-order valence-corrected chi connectivity index (χ0v) is 14.8. The molecule has 2 fully saturated rings. The van der Waals surface area contributed by atoms with Gasteiger partial charge in [0.2, 0.25) is 5.91 Å². The monoisotopic (exact) mass is 345 g/mol. The van der Waals surface area contributed by atoms with E-state index in [4.69, 9.17) is 0 Å². The van der Waals surface area contributed by atoms with Gasteiger partial charge in [-0.2, -0.15) is 5.26 Å². The van der Waals surface area contributed by atoms with E-state index in [1.165, 1.54) is 0 Å². The molecule has 4 rings (SSSR count). The fourth-order valence-electron chi connectivity index (χ4n) is 4.31. The fraction of sp³-hybridized carbons (Fsp3) is 0.364. The first-order valence-electron chi connectivity index (χ1n) is 9.26. The zero-order chi connectivity index (χ0) is 18.0. The number of nitrogens with zero attached hydrogens (tertiary/aromatic N) is 2. The molecule has 4 heteroatoms. The summed E-state index contributed by atoms with van der Waals surface area (Å²) in [4.78, 5) is 14.9. The Morgan fingerprint density at radius 3 is 2.50 bits per heavy atom. The zero-order valence-electron chi connectivity index (χ0n) is 14.8. The second-order valence-electron chi connectivity index (χ2n) is 7.48. The lowest BCUT2D eigenvalue weighted by Gasteiger charge is -2.39. The normalized spacial score (nSPS) is 22.1. The lowest BCUT2D eigenvalue weighted by Crippen LogP contribution is -2.50. The van der Waals surface area contributed by atoms with E-state index in [0.29, 0.717) is 0 Å². The molecule has 1 atom stereocenters. The molecule has 1 amide bonds. The van der Waals surface area contributed by atoms with Gasteiger partial charge in [0.05, 0.1) is 17.6 Å². The summed E-state index contributed by atoms with van der Waals surface area (Å²) >= 11 is 0. The largest absolute Gasteiger partial charge is 0.350 e. The first-order valence-corrected chi connectivity index (χ1v) is 9.26. The second kappa shape index (κ2) is 6.93. The van der Waals surface area contributed by atoms with Gasteiger partial charge < -0.3 is 5.32 Å². The molecule has 0 radical (unpaired) electrons. The average Bonchev–Trinajstić information content (AvgIpc) is 3.01. The molecule has 2 aromatic rings. The van der Waals surface area contributed by atoms with Crippen LogP contribution in [0.3, 0.4) is 0 Å². The maximum atomic E-state index is 12.5. The van der Waals surface area contributed by atoms with Crippen LogP contribution in [0, 0.1) is 11.3 Å². The first kappa shape index (κ1) is 16.8. The predicted molar refractivity (Wildman–Crippen MR) is 100 cm³/mol. The second-order valence-corrected chi connectivity index (χ2v) is 7.48. The van der Waals surface area contributed by atoms with Crippen molar-refractivity contribution in [3.8, 4) is 6.07 Å². The molecule has 0 aliphatic carbocycles. The highest BCUT2D eigenvalue weighted by Gasteiger charge is 2.46. The molecule has 1 N–H and O–H groups in total. The van der Waals surface area contributed by atoms with E-state index in [1.807, 2.05) is 42.5 Å². The number of nitriles is 1. The van der Waals surface area contributed by atoms with Crippen LogP contribution in [-0.2, 0) is 11.3 Å². The Bertz CT molecular complexity index is 832. The third-order valence-electron chi connectivity index (χ3n) is 5.85. The fourth-order valence-corrected chi connectivity index (χ4v) is 4.31. The molecule has 2 aliphatic heterocycles. The van der Waals surface area contributed by atoms with E-state index in [9.17, 15) is 10.1 Å². The molecule has 0 unspecified atom stereocenters. The van der Waals surface area contributed by atoms with Crippen LogP contribution in [0.1, 0.15) is 41.9 Å². The van der Waals surface area contributed by atoms with Crippen molar-refractivity contribution in [2.75, 3.05) is 13.1 Å². The molecule has 2 heterocycles. The Kier molecular flexibility index (Phi) is 4.48. The number of likely N-dealkylation sites (tertiary alicyclic amines) is 1. The predicted octanol–water partition coefficient (Wildman–Crippen LogP) is 3.20. The lowest BCUT2D eigenvalue weighted by molar-refractivity contribution is -0.121. The van der Waals surface area contributed by atoms with Crippen LogP contribution in [0.5, 0.6) is 0 Å². The molecule has 1 spiro atoms. The van der Waals surface area contributed by atoms with E-state index < -0.39 is 0 Å². The summed E-state index contributed by atoms with van der Waals surface area (Å²) in [6.45, 7) is 2.69. The van der Waals surface area contributed by atoms with E-state index in [1.54, 1.807) is 0 Å². The smallest absolute Gasteiger partial charge is 0.228 e. The molecule has 2 aliphatic rings. The number of hydrogen-bond acceptors (Lipinski definition) is 3. The third kappa shape index (κ3) is 3.23. The summed E-state index contributed by atoms with van der Waals surface area (Å²) < 4.78 is 0. The van der Waals surface area contributed by atoms with Crippen molar-refractivity contribution in [2.24, 2.45) is 0 Å². The number of benzene rings is 2. The third-order valence-corrected chi connectivity index (χ3v) is 5.85. The Morgan fingerprint density at radius 2 is 1.77 bits per heavy atom. The number of piperidine rings is 1. The minimum absolute atomic E-state index is 0.0259. The number of amides is 1. The van der Waals surface area contributed by atoms with Crippen molar-refractivity contribution in [1.29, 1.82) is 5.26 Å². The van der Waals surface area contributed by atoms with Gasteiger partial charge in [-0.15, -0.1) is 0 Å². The Morgan fingerprint density at radius 1 is 1.08 bits per heavy atom. The molecule has 0 aromatic heterocycles. The number of rotatable bonds is 3. The molecular formula is C22H23N3O. The Labute approximate surface area is 154 Å². The number of nitrogens with one attached hydrogen (secondary N) is 1. The van der Waals surface area contributed by atoms with Crippen molar-refractivity contribution >= 4 is 5.91 Å². The average molecular weight is 345 g/mol. The van der Waals surface area contributed by atoms with Gasteiger partial charge in [-0.3, -0.25) is 9.69 Å². The lowest BCUT2D eigenvalue weighted by atomic mass is 9.82. The topological polar surface area (TPSA) is 56.1 Å². The van der Waals surface area contributed by atoms with E-state index in [0.717, 1.165) is 55.6 Å². The van der Waals surface area contributed by atoms with Gasteiger partial charge in [-0.1, -0.05) is 48.5 Å². The minimum Gasteiger partial charge on any atom is -0.350 e. The molecule has 132 valence electrons. The van der Waals surface area contributed by atoms with Crippen molar-refractivity contribution in [3.05, 3.63) is 71.3 Å². The van der Waals surface area contributed by atoms with Crippen molar-refractivity contribution in [3.63, 3.8) is 0 Å². The highest BCUT2D eigenvalue weighted by Crippen LogP contribution is 2.39. The van der Waals surface area contributed by atoms with Crippen LogP contribution in [0.2, 0.25) is 0 Å². The van der Waals surface area contributed by atoms with E-state index in [2.05, 4.69) is 28.4 Å². The van der Waals surface area contributed by atoms with Gasteiger partial charge >= 0.3 is 0 Å². The van der Waals surface area contributed by atoms with Crippen molar-refractivity contribution in [1.82, 2.24) is 10.2 Å². The van der Waals surface area contributed by atoms with Gasteiger partial charge in [0, 0.05) is 25.2 Å². The van der Waals surface area contributed by atoms with Crippen LogP contribution in [0.4, 0.5) is 0 Å². The molecule has 0 saturated carbocycles. The van der Waals surface area contributed by atoms with Crippen molar-refractivity contribution in [2.45, 2.75) is 37.3 Å². The first-order chi connectivity index (χ1) is 12.7. The Hall–Kier alpha value is -2.64. The summed E-state index contributed by atoms with van der Waals surface area (Å²) in [5.41, 5.74) is 2.89. The molecule has 2 saturated heterocycles. The van der Waals surface area contributed by atoms with Gasteiger partial charge in [0.25, 0.3) is 0 Å². The van der Waals surface area contributed by atoms with Crippen LogP contribution in [0.15, 0.2) is 54.6 Å². The highest BCUT2D eigenvalue weighted by atomic mass is 16.2. The summed E-state index contributed by atoms with van der Waals surface area (Å²) in [6, 6.07) is 20.2. The van der Waals surface area contributed by atoms with Crippen LogP contribution in [0.25, 0.3) is 0 Å².